The molecule has 0 aliphatic carbocycles. The van der Waals surface area contributed by atoms with E-state index < -0.39 is 17.2 Å². The van der Waals surface area contributed by atoms with Crippen LogP contribution in [0.4, 0.5) is 0 Å². The number of hydrogen-bond donors (Lipinski definition) is 2. The van der Waals surface area contributed by atoms with Crippen molar-refractivity contribution in [2.24, 2.45) is 0 Å². The van der Waals surface area contributed by atoms with Gasteiger partial charge in [-0.05, 0) is 30.0 Å². The van der Waals surface area contributed by atoms with Crippen LogP contribution in [0.3, 0.4) is 0 Å². The lowest BCUT2D eigenvalue weighted by Gasteiger charge is -2.26. The van der Waals surface area contributed by atoms with Crippen molar-refractivity contribution in [2.75, 3.05) is 19.7 Å². The molecule has 3 aromatic rings. The molecule has 2 N–H and O–H groups in total. The van der Waals surface area contributed by atoms with Crippen molar-refractivity contribution >= 4 is 11.8 Å². The number of nitrogens with zero attached hydrogens (tertiary/aromatic N) is 1. The Balaban J connectivity index is 1.59. The first kappa shape index (κ1) is 22.5. The smallest absolute Gasteiger partial charge is 0.256 e. The summed E-state index contributed by atoms with van der Waals surface area (Å²) in [5.41, 5.74) is 2.51. The lowest BCUT2D eigenvalue weighted by atomic mass is 9.97. The SMILES string of the molecule is CCNC(=O)c1cn(Cc2ccccc2)cc(C(=O)NC[C@@H]2OCCc3ccccc32)c1=O. The number of nitrogens with one attached hydrogen (secondary N) is 2. The Morgan fingerprint density at radius 1 is 0.970 bits per heavy atom. The molecule has 0 bridgehead atoms. The fourth-order valence-electron chi connectivity index (χ4n) is 4.02. The second-order valence-electron chi connectivity index (χ2n) is 7.95. The molecule has 0 radical (unpaired) electrons. The van der Waals surface area contributed by atoms with Crippen LogP contribution in [0.25, 0.3) is 0 Å². The molecule has 7 nitrogen and oxygen atoms in total. The Labute approximate surface area is 192 Å². The molecule has 1 aliphatic rings. The highest BCUT2D eigenvalue weighted by atomic mass is 16.5. The minimum atomic E-state index is -0.590. The number of ether oxygens (including phenoxy) is 1. The maximum atomic E-state index is 13.0. The summed E-state index contributed by atoms with van der Waals surface area (Å²) in [6.07, 6.45) is 3.55. The lowest BCUT2D eigenvalue weighted by Crippen LogP contribution is -2.37. The van der Waals surface area contributed by atoms with Crippen molar-refractivity contribution in [3.05, 3.63) is 105 Å². The van der Waals surface area contributed by atoms with Gasteiger partial charge in [-0.2, -0.15) is 0 Å². The number of benzene rings is 2. The van der Waals surface area contributed by atoms with E-state index in [0.717, 1.165) is 17.5 Å². The van der Waals surface area contributed by atoms with Crippen LogP contribution in [0.2, 0.25) is 0 Å². The van der Waals surface area contributed by atoms with Crippen molar-refractivity contribution in [3.63, 3.8) is 0 Å². The maximum absolute atomic E-state index is 13.0. The zero-order valence-electron chi connectivity index (χ0n) is 18.5. The molecule has 33 heavy (non-hydrogen) atoms. The van der Waals surface area contributed by atoms with Crippen molar-refractivity contribution in [1.82, 2.24) is 15.2 Å². The van der Waals surface area contributed by atoms with Gasteiger partial charge >= 0.3 is 0 Å². The molecule has 1 aromatic heterocycles. The molecule has 0 unspecified atom stereocenters. The summed E-state index contributed by atoms with van der Waals surface area (Å²) in [4.78, 5) is 38.6. The van der Waals surface area contributed by atoms with Gasteiger partial charge in [0.05, 0.1) is 6.61 Å². The van der Waals surface area contributed by atoms with E-state index in [2.05, 4.69) is 16.7 Å². The van der Waals surface area contributed by atoms with Gasteiger partial charge in [0.1, 0.15) is 17.2 Å². The highest BCUT2D eigenvalue weighted by Gasteiger charge is 2.23. The van der Waals surface area contributed by atoms with E-state index >= 15 is 0 Å². The standard InChI is InChI=1S/C26H27N3O4/c1-2-27-25(31)21-16-29(15-18-8-4-3-5-9-18)17-22(24(21)30)26(32)28-14-23-20-11-7-6-10-19(20)12-13-33-23/h3-11,16-17,23H,2,12-15H2,1H3,(H,27,31)(H,28,32)/t23-/m0/s1. The molecule has 4 rings (SSSR count). The molecule has 0 saturated heterocycles. The molecule has 1 atom stereocenters. The van der Waals surface area contributed by atoms with E-state index in [9.17, 15) is 14.4 Å². The largest absolute Gasteiger partial charge is 0.371 e. The van der Waals surface area contributed by atoms with Gasteiger partial charge in [0.2, 0.25) is 5.43 Å². The summed E-state index contributed by atoms with van der Waals surface area (Å²) in [6.45, 7) is 3.39. The molecule has 2 heterocycles. The Morgan fingerprint density at radius 2 is 1.64 bits per heavy atom. The minimum Gasteiger partial charge on any atom is -0.371 e. The van der Waals surface area contributed by atoms with Crippen LogP contribution < -0.4 is 16.1 Å². The summed E-state index contributed by atoms with van der Waals surface area (Å²) in [7, 11) is 0. The molecule has 2 aromatic carbocycles. The Hall–Kier alpha value is -3.71. The molecule has 170 valence electrons. The number of carbonyl (C=O) groups excluding carboxylic acids is 2. The van der Waals surface area contributed by atoms with Crippen LogP contribution >= 0.6 is 0 Å². The van der Waals surface area contributed by atoms with Crippen molar-refractivity contribution < 1.29 is 14.3 Å². The first-order valence-corrected chi connectivity index (χ1v) is 11.1. The van der Waals surface area contributed by atoms with Gasteiger partial charge in [-0.1, -0.05) is 54.6 Å². The molecule has 2 amide bonds. The second-order valence-corrected chi connectivity index (χ2v) is 7.95. The molecule has 7 heteroatoms. The van der Waals surface area contributed by atoms with Gasteiger partial charge in [0.15, 0.2) is 0 Å². The zero-order valence-corrected chi connectivity index (χ0v) is 18.5. The first-order valence-electron chi connectivity index (χ1n) is 11.1. The number of aromatic nitrogens is 1. The van der Waals surface area contributed by atoms with Gasteiger partial charge < -0.3 is 19.9 Å². The maximum Gasteiger partial charge on any atom is 0.256 e. The fourth-order valence-corrected chi connectivity index (χ4v) is 4.02. The Morgan fingerprint density at radius 3 is 2.36 bits per heavy atom. The average molecular weight is 446 g/mol. The van der Waals surface area contributed by atoms with Crippen molar-refractivity contribution in [3.8, 4) is 0 Å². The molecular formula is C26H27N3O4. The van der Waals surface area contributed by atoms with Gasteiger partial charge in [0, 0.05) is 32.0 Å². The van der Waals surface area contributed by atoms with E-state index in [1.54, 1.807) is 11.5 Å². The lowest BCUT2D eigenvalue weighted by molar-refractivity contribution is 0.0411. The third kappa shape index (κ3) is 5.21. The van der Waals surface area contributed by atoms with Crippen LogP contribution in [0, 0.1) is 0 Å². The van der Waals surface area contributed by atoms with Crippen molar-refractivity contribution in [2.45, 2.75) is 26.0 Å². The van der Waals surface area contributed by atoms with E-state index in [-0.39, 0.29) is 23.8 Å². The van der Waals surface area contributed by atoms with Crippen LogP contribution in [0.1, 0.15) is 50.4 Å². The van der Waals surface area contributed by atoms with Gasteiger partial charge in [-0.15, -0.1) is 0 Å². The normalized spacial score (nSPS) is 14.9. The summed E-state index contributed by atoms with van der Waals surface area (Å²) < 4.78 is 7.55. The number of fused-ring (bicyclic) bond motifs is 1. The van der Waals surface area contributed by atoms with Crippen LogP contribution in [-0.2, 0) is 17.7 Å². The molecule has 0 fully saturated rings. The Bertz CT molecular complexity index is 1200. The second kappa shape index (κ2) is 10.3. The highest BCUT2D eigenvalue weighted by Crippen LogP contribution is 2.26. The molecule has 0 saturated carbocycles. The summed E-state index contributed by atoms with van der Waals surface area (Å²) in [5, 5.41) is 5.48. The van der Waals surface area contributed by atoms with Crippen molar-refractivity contribution in [1.29, 1.82) is 0 Å². The summed E-state index contributed by atoms with van der Waals surface area (Å²) in [6, 6.07) is 17.6. The molecular weight excluding hydrogens is 418 g/mol. The monoisotopic (exact) mass is 445 g/mol. The highest BCUT2D eigenvalue weighted by molar-refractivity contribution is 5.99. The van der Waals surface area contributed by atoms with E-state index in [0.29, 0.717) is 19.7 Å². The number of hydrogen-bond acceptors (Lipinski definition) is 4. The molecule has 0 spiro atoms. The van der Waals surface area contributed by atoms with Gasteiger partial charge in [-0.3, -0.25) is 14.4 Å². The third-order valence-electron chi connectivity index (χ3n) is 5.65. The van der Waals surface area contributed by atoms with Gasteiger partial charge in [-0.25, -0.2) is 0 Å². The number of rotatable bonds is 7. The van der Waals surface area contributed by atoms with E-state index in [4.69, 9.17) is 4.74 Å². The predicted molar refractivity (Wildman–Crippen MR) is 125 cm³/mol. The fraction of sp³-hybridized carbons (Fsp3) is 0.269. The number of pyridine rings is 1. The van der Waals surface area contributed by atoms with E-state index in [1.807, 2.05) is 48.5 Å². The van der Waals surface area contributed by atoms with E-state index in [1.165, 1.54) is 18.0 Å². The third-order valence-corrected chi connectivity index (χ3v) is 5.65. The molecule has 1 aliphatic heterocycles. The quantitative estimate of drug-likeness (QED) is 0.585. The van der Waals surface area contributed by atoms with Gasteiger partial charge in [0.25, 0.3) is 11.8 Å². The van der Waals surface area contributed by atoms with Crippen LogP contribution in [0.15, 0.2) is 71.8 Å². The Kier molecular flexibility index (Phi) is 7.00. The van der Waals surface area contributed by atoms with Crippen LogP contribution in [0.5, 0.6) is 0 Å². The zero-order chi connectivity index (χ0) is 23.2. The first-order chi connectivity index (χ1) is 16.1. The minimum absolute atomic E-state index is 0.0558. The number of carbonyl (C=O) groups is 2. The number of amides is 2. The topological polar surface area (TPSA) is 89.4 Å². The predicted octanol–water partition coefficient (Wildman–Crippen LogP) is 2.69. The summed E-state index contributed by atoms with van der Waals surface area (Å²) in [5.74, 6) is -1.02. The average Bonchev–Trinajstić information content (AvgIpc) is 2.84. The summed E-state index contributed by atoms with van der Waals surface area (Å²) >= 11 is 0. The van der Waals surface area contributed by atoms with Crippen LogP contribution in [-0.4, -0.2) is 36.1 Å².